The Morgan fingerprint density at radius 1 is 1.06 bits per heavy atom. The van der Waals surface area contributed by atoms with Gasteiger partial charge in [-0.25, -0.2) is 0 Å². The number of nitrogens with zero attached hydrogens (tertiary/aromatic N) is 3. The molecule has 0 N–H and O–H groups in total. The fraction of sp³-hybridized carbons (Fsp3) is 0.280. The summed E-state index contributed by atoms with van der Waals surface area (Å²) in [4.78, 5) is 29.6. The number of aryl methyl sites for hydroxylation is 2. The highest BCUT2D eigenvalue weighted by Gasteiger charge is 2.23. The molecule has 162 valence electrons. The zero-order chi connectivity index (χ0) is 22.2. The Morgan fingerprint density at radius 3 is 2.42 bits per heavy atom. The van der Waals surface area contributed by atoms with Gasteiger partial charge >= 0.3 is 0 Å². The lowest BCUT2D eigenvalue weighted by Crippen LogP contribution is -2.42. The lowest BCUT2D eigenvalue weighted by atomic mass is 10.1. The SMILES string of the molecule is C=CCN(CC(=O)N(Cc1ccco1)Cc1cccn1C)C(=O)c1ccc(CC)cc1. The summed E-state index contributed by atoms with van der Waals surface area (Å²) in [6, 6.07) is 15.1. The van der Waals surface area contributed by atoms with Gasteiger partial charge < -0.3 is 18.8 Å². The van der Waals surface area contributed by atoms with Crippen molar-refractivity contribution in [3.8, 4) is 0 Å². The van der Waals surface area contributed by atoms with E-state index < -0.39 is 0 Å². The predicted octanol–water partition coefficient (Wildman–Crippen LogP) is 4.04. The Morgan fingerprint density at radius 2 is 1.84 bits per heavy atom. The number of aromatic nitrogens is 1. The zero-order valence-electron chi connectivity index (χ0n) is 18.2. The molecule has 0 aliphatic carbocycles. The molecule has 0 aliphatic rings. The molecular weight excluding hydrogens is 390 g/mol. The molecule has 31 heavy (non-hydrogen) atoms. The van der Waals surface area contributed by atoms with Gasteiger partial charge in [0.2, 0.25) is 5.91 Å². The number of carbonyl (C=O) groups excluding carboxylic acids is 2. The fourth-order valence-corrected chi connectivity index (χ4v) is 3.38. The predicted molar refractivity (Wildman–Crippen MR) is 120 cm³/mol. The molecule has 2 aromatic heterocycles. The van der Waals surface area contributed by atoms with Crippen molar-refractivity contribution < 1.29 is 14.0 Å². The third-order valence-electron chi connectivity index (χ3n) is 5.26. The molecular formula is C25H29N3O3. The van der Waals surface area contributed by atoms with Crippen LogP contribution in [-0.4, -0.2) is 39.3 Å². The second-order valence-electron chi connectivity index (χ2n) is 7.46. The molecule has 6 nitrogen and oxygen atoms in total. The van der Waals surface area contributed by atoms with Crippen molar-refractivity contribution >= 4 is 11.8 Å². The molecule has 2 heterocycles. The van der Waals surface area contributed by atoms with Gasteiger partial charge in [-0.15, -0.1) is 6.58 Å². The highest BCUT2D eigenvalue weighted by atomic mass is 16.3. The Balaban J connectivity index is 1.77. The van der Waals surface area contributed by atoms with Gasteiger partial charge in [-0.05, 0) is 48.4 Å². The summed E-state index contributed by atoms with van der Waals surface area (Å²) < 4.78 is 7.43. The van der Waals surface area contributed by atoms with Crippen molar-refractivity contribution in [2.24, 2.45) is 7.05 Å². The van der Waals surface area contributed by atoms with E-state index in [-0.39, 0.29) is 18.4 Å². The summed E-state index contributed by atoms with van der Waals surface area (Å²) in [6.07, 6.45) is 6.08. The maximum Gasteiger partial charge on any atom is 0.254 e. The lowest BCUT2D eigenvalue weighted by Gasteiger charge is -2.27. The lowest BCUT2D eigenvalue weighted by molar-refractivity contribution is -0.133. The normalized spacial score (nSPS) is 10.6. The fourth-order valence-electron chi connectivity index (χ4n) is 3.38. The topological polar surface area (TPSA) is 58.7 Å². The van der Waals surface area contributed by atoms with Crippen molar-refractivity contribution in [3.05, 3.63) is 96.2 Å². The molecule has 2 amide bonds. The molecule has 6 heteroatoms. The van der Waals surface area contributed by atoms with Crippen LogP contribution in [0.2, 0.25) is 0 Å². The summed E-state index contributed by atoms with van der Waals surface area (Å²) >= 11 is 0. The van der Waals surface area contributed by atoms with Crippen LogP contribution < -0.4 is 0 Å². The minimum atomic E-state index is -0.187. The van der Waals surface area contributed by atoms with Crippen molar-refractivity contribution in [1.82, 2.24) is 14.4 Å². The third kappa shape index (κ3) is 5.75. The van der Waals surface area contributed by atoms with E-state index in [1.807, 2.05) is 60.3 Å². The average Bonchev–Trinajstić information content (AvgIpc) is 3.44. The van der Waals surface area contributed by atoms with E-state index in [1.54, 1.807) is 23.3 Å². The summed E-state index contributed by atoms with van der Waals surface area (Å²) in [7, 11) is 1.94. The van der Waals surface area contributed by atoms with E-state index >= 15 is 0 Å². The standard InChI is InChI=1S/C25H29N3O3/c1-4-14-27(25(30)21-12-10-20(5-2)11-13-21)19-24(29)28(18-23-9-7-16-31-23)17-22-8-6-15-26(22)3/h4,6-13,15-16H,1,5,14,17-19H2,2-3H3. The largest absolute Gasteiger partial charge is 0.467 e. The first-order chi connectivity index (χ1) is 15.0. The van der Waals surface area contributed by atoms with Gasteiger partial charge in [0.05, 0.1) is 19.4 Å². The Labute approximate surface area is 183 Å². The number of hydrogen-bond acceptors (Lipinski definition) is 3. The van der Waals surface area contributed by atoms with E-state index in [9.17, 15) is 9.59 Å². The first kappa shape index (κ1) is 22.2. The molecule has 0 aliphatic heterocycles. The summed E-state index contributed by atoms with van der Waals surface area (Å²) in [5.41, 5.74) is 2.72. The van der Waals surface area contributed by atoms with Crippen molar-refractivity contribution in [2.75, 3.05) is 13.1 Å². The Bertz CT molecular complexity index is 1000. The van der Waals surface area contributed by atoms with Crippen molar-refractivity contribution in [2.45, 2.75) is 26.4 Å². The van der Waals surface area contributed by atoms with E-state index in [1.165, 1.54) is 4.90 Å². The molecule has 0 saturated carbocycles. The highest BCUT2D eigenvalue weighted by Crippen LogP contribution is 2.14. The monoisotopic (exact) mass is 419 g/mol. The zero-order valence-corrected chi connectivity index (χ0v) is 18.2. The van der Waals surface area contributed by atoms with Gasteiger partial charge in [-0.2, -0.15) is 0 Å². The first-order valence-electron chi connectivity index (χ1n) is 10.4. The first-order valence-corrected chi connectivity index (χ1v) is 10.4. The van der Waals surface area contributed by atoms with Gasteiger partial charge in [-0.1, -0.05) is 25.1 Å². The molecule has 0 atom stereocenters. The number of hydrogen-bond donors (Lipinski definition) is 0. The molecule has 1 aromatic carbocycles. The van der Waals surface area contributed by atoms with Crippen LogP contribution in [0, 0.1) is 0 Å². The van der Waals surface area contributed by atoms with Crippen molar-refractivity contribution in [3.63, 3.8) is 0 Å². The molecule has 0 radical (unpaired) electrons. The van der Waals surface area contributed by atoms with Crippen LogP contribution in [-0.2, 0) is 31.4 Å². The number of amides is 2. The summed E-state index contributed by atoms with van der Waals surface area (Å²) in [6.45, 7) is 6.83. The number of rotatable bonds is 10. The second kappa shape index (κ2) is 10.5. The van der Waals surface area contributed by atoms with E-state index in [0.29, 0.717) is 31.0 Å². The van der Waals surface area contributed by atoms with Crippen LogP contribution in [0.3, 0.4) is 0 Å². The van der Waals surface area contributed by atoms with Crippen LogP contribution in [0.4, 0.5) is 0 Å². The summed E-state index contributed by atoms with van der Waals surface area (Å²) in [5.74, 6) is 0.352. The maximum absolute atomic E-state index is 13.3. The highest BCUT2D eigenvalue weighted by molar-refractivity contribution is 5.96. The molecule has 0 fully saturated rings. The smallest absolute Gasteiger partial charge is 0.254 e. The molecule has 0 bridgehead atoms. The second-order valence-corrected chi connectivity index (χ2v) is 7.46. The quantitative estimate of drug-likeness (QED) is 0.466. The van der Waals surface area contributed by atoms with Gasteiger partial charge in [0, 0.05) is 31.0 Å². The van der Waals surface area contributed by atoms with Gasteiger partial charge in [-0.3, -0.25) is 9.59 Å². The molecule has 0 saturated heterocycles. The molecule has 0 spiro atoms. The maximum atomic E-state index is 13.3. The van der Waals surface area contributed by atoms with Crippen LogP contribution in [0.1, 0.15) is 34.3 Å². The Kier molecular flexibility index (Phi) is 7.49. The van der Waals surface area contributed by atoms with E-state index in [4.69, 9.17) is 4.42 Å². The van der Waals surface area contributed by atoms with Crippen LogP contribution in [0.25, 0.3) is 0 Å². The van der Waals surface area contributed by atoms with Crippen LogP contribution in [0.15, 0.2) is 78.1 Å². The van der Waals surface area contributed by atoms with Crippen LogP contribution >= 0.6 is 0 Å². The van der Waals surface area contributed by atoms with E-state index in [2.05, 4.69) is 13.5 Å². The number of furan rings is 1. The van der Waals surface area contributed by atoms with Gasteiger partial charge in [0.15, 0.2) is 0 Å². The van der Waals surface area contributed by atoms with Crippen molar-refractivity contribution in [1.29, 1.82) is 0 Å². The molecule has 3 rings (SSSR count). The summed E-state index contributed by atoms with van der Waals surface area (Å²) in [5, 5.41) is 0. The van der Waals surface area contributed by atoms with Gasteiger partial charge in [0.25, 0.3) is 5.91 Å². The molecule has 3 aromatic rings. The van der Waals surface area contributed by atoms with Gasteiger partial charge in [0.1, 0.15) is 12.3 Å². The minimum Gasteiger partial charge on any atom is -0.467 e. The average molecular weight is 420 g/mol. The van der Waals surface area contributed by atoms with Crippen LogP contribution in [0.5, 0.6) is 0 Å². The molecule has 0 unspecified atom stereocenters. The minimum absolute atomic E-state index is 0.0362. The Hall–Kier alpha value is -3.54. The van der Waals surface area contributed by atoms with E-state index in [0.717, 1.165) is 17.7 Å². The number of carbonyl (C=O) groups is 2. The number of benzene rings is 1. The third-order valence-corrected chi connectivity index (χ3v) is 5.26.